The van der Waals surface area contributed by atoms with Crippen molar-refractivity contribution in [3.63, 3.8) is 0 Å². The van der Waals surface area contributed by atoms with Gasteiger partial charge in [0.25, 0.3) is 0 Å². The number of guanidine groups is 1. The molecule has 0 amide bonds. The molecule has 0 atom stereocenters. The van der Waals surface area contributed by atoms with E-state index in [1.54, 1.807) is 25.5 Å². The van der Waals surface area contributed by atoms with Crippen LogP contribution < -0.4 is 15.4 Å². The second-order valence-electron chi connectivity index (χ2n) is 5.46. The Bertz CT molecular complexity index is 700. The van der Waals surface area contributed by atoms with Gasteiger partial charge in [0.05, 0.1) is 37.6 Å². The summed E-state index contributed by atoms with van der Waals surface area (Å²) in [5.41, 5.74) is 2.12. The smallest absolute Gasteiger partial charge is 0.191 e. The van der Waals surface area contributed by atoms with Gasteiger partial charge in [-0.05, 0) is 19.9 Å². The summed E-state index contributed by atoms with van der Waals surface area (Å²) < 4.78 is 11.0. The van der Waals surface area contributed by atoms with Crippen LogP contribution in [0.3, 0.4) is 0 Å². The number of rotatable bonds is 8. The van der Waals surface area contributed by atoms with Crippen LogP contribution >= 0.6 is 11.3 Å². The lowest BCUT2D eigenvalue weighted by Gasteiger charge is -2.12. The summed E-state index contributed by atoms with van der Waals surface area (Å²) in [6.07, 6.45) is 0. The van der Waals surface area contributed by atoms with Crippen molar-refractivity contribution in [3.05, 3.63) is 45.4 Å². The van der Waals surface area contributed by atoms with E-state index in [-0.39, 0.29) is 0 Å². The number of benzene rings is 1. The van der Waals surface area contributed by atoms with Crippen molar-refractivity contribution >= 4 is 17.3 Å². The minimum absolute atomic E-state index is 0.525. The summed E-state index contributed by atoms with van der Waals surface area (Å²) in [4.78, 5) is 9.89. The number of aromatic nitrogens is 1. The van der Waals surface area contributed by atoms with Gasteiger partial charge in [0.1, 0.15) is 5.75 Å². The molecule has 6 nitrogen and oxygen atoms in total. The molecule has 0 spiro atoms. The van der Waals surface area contributed by atoms with E-state index in [9.17, 15) is 0 Å². The second kappa shape index (κ2) is 10.0. The number of hydrogen-bond donors (Lipinski definition) is 2. The Morgan fingerprint density at radius 1 is 1.24 bits per heavy atom. The predicted octanol–water partition coefficient (Wildman–Crippen LogP) is 2.65. The lowest BCUT2D eigenvalue weighted by Crippen LogP contribution is -2.38. The number of methoxy groups -OCH3 is 1. The van der Waals surface area contributed by atoms with Crippen LogP contribution in [0.25, 0.3) is 0 Å². The Labute approximate surface area is 153 Å². The molecule has 25 heavy (non-hydrogen) atoms. The lowest BCUT2D eigenvalue weighted by atomic mass is 10.2. The molecule has 0 unspecified atom stereocenters. The summed E-state index contributed by atoms with van der Waals surface area (Å²) in [6.45, 7) is 6.55. The monoisotopic (exact) mass is 362 g/mol. The average Bonchev–Trinajstić information content (AvgIpc) is 2.95. The first-order valence-corrected chi connectivity index (χ1v) is 9.02. The third kappa shape index (κ3) is 6.03. The maximum atomic E-state index is 5.71. The van der Waals surface area contributed by atoms with Gasteiger partial charge >= 0.3 is 0 Å². The predicted molar refractivity (Wildman–Crippen MR) is 102 cm³/mol. The zero-order chi connectivity index (χ0) is 18.1. The Morgan fingerprint density at radius 2 is 2.04 bits per heavy atom. The molecule has 0 aliphatic heterocycles. The van der Waals surface area contributed by atoms with Crippen LogP contribution in [0.2, 0.25) is 0 Å². The lowest BCUT2D eigenvalue weighted by molar-refractivity contribution is 0.123. The first kappa shape index (κ1) is 19.2. The number of thiazole rings is 1. The summed E-state index contributed by atoms with van der Waals surface area (Å²) in [7, 11) is 3.43. The number of ether oxygens (including phenoxy) is 2. The molecule has 2 rings (SSSR count). The maximum absolute atomic E-state index is 5.71. The van der Waals surface area contributed by atoms with Crippen LogP contribution in [0.4, 0.5) is 0 Å². The fourth-order valence-corrected chi connectivity index (χ4v) is 3.24. The highest BCUT2D eigenvalue weighted by atomic mass is 32.1. The summed E-state index contributed by atoms with van der Waals surface area (Å²) in [5.74, 6) is 1.61. The number of nitrogens with zero attached hydrogens (tertiary/aromatic N) is 2. The second-order valence-corrected chi connectivity index (χ2v) is 6.75. The number of aryl methyl sites for hydroxylation is 2. The molecular formula is C18H26N4O2S. The van der Waals surface area contributed by atoms with Gasteiger partial charge in [0.2, 0.25) is 0 Å². The van der Waals surface area contributed by atoms with Crippen LogP contribution in [0.1, 0.15) is 21.1 Å². The van der Waals surface area contributed by atoms with Crippen LogP contribution in [0.5, 0.6) is 5.75 Å². The van der Waals surface area contributed by atoms with Crippen molar-refractivity contribution in [2.24, 2.45) is 4.99 Å². The maximum Gasteiger partial charge on any atom is 0.191 e. The molecule has 0 bridgehead atoms. The third-order valence-electron chi connectivity index (χ3n) is 3.63. The highest BCUT2D eigenvalue weighted by Crippen LogP contribution is 2.18. The normalized spacial score (nSPS) is 11.4. The van der Waals surface area contributed by atoms with Crippen molar-refractivity contribution in [1.29, 1.82) is 0 Å². The van der Waals surface area contributed by atoms with E-state index in [0.29, 0.717) is 19.8 Å². The zero-order valence-electron chi connectivity index (χ0n) is 15.3. The molecule has 0 fully saturated rings. The summed E-state index contributed by atoms with van der Waals surface area (Å²) >= 11 is 1.71. The molecule has 1 aromatic carbocycles. The SMILES string of the molecule is CN=C(NCCOCc1ccccc1OC)NCc1sc(C)nc1C. The van der Waals surface area contributed by atoms with Gasteiger partial charge < -0.3 is 20.1 Å². The van der Waals surface area contributed by atoms with Crippen molar-refractivity contribution in [1.82, 2.24) is 15.6 Å². The Hall–Kier alpha value is -2.12. The Kier molecular flexibility index (Phi) is 7.69. The van der Waals surface area contributed by atoms with Gasteiger partial charge in [-0.25, -0.2) is 4.98 Å². The molecule has 0 aliphatic rings. The standard InChI is InChI=1S/C18H26N4O2S/c1-13-17(25-14(2)22-13)11-21-18(19-3)20-9-10-24-12-15-7-5-6-8-16(15)23-4/h5-8H,9-12H2,1-4H3,(H2,19,20,21). The quantitative estimate of drug-likeness (QED) is 0.429. The molecule has 0 saturated heterocycles. The van der Waals surface area contributed by atoms with Gasteiger partial charge in [0, 0.05) is 24.0 Å². The molecule has 2 N–H and O–H groups in total. The number of para-hydroxylation sites is 1. The molecule has 1 aromatic heterocycles. The van der Waals surface area contributed by atoms with Gasteiger partial charge in [-0.2, -0.15) is 0 Å². The van der Waals surface area contributed by atoms with Crippen LogP contribution in [-0.4, -0.2) is 38.3 Å². The van der Waals surface area contributed by atoms with Gasteiger partial charge in [-0.15, -0.1) is 11.3 Å². The zero-order valence-corrected chi connectivity index (χ0v) is 16.1. The Morgan fingerprint density at radius 3 is 2.72 bits per heavy atom. The van der Waals surface area contributed by atoms with E-state index in [1.807, 2.05) is 38.1 Å². The van der Waals surface area contributed by atoms with Gasteiger partial charge in [0.15, 0.2) is 5.96 Å². The molecule has 0 aliphatic carbocycles. The molecule has 2 aromatic rings. The minimum Gasteiger partial charge on any atom is -0.496 e. The van der Waals surface area contributed by atoms with Crippen LogP contribution in [-0.2, 0) is 17.9 Å². The average molecular weight is 362 g/mol. The van der Waals surface area contributed by atoms with E-state index in [2.05, 4.69) is 20.6 Å². The van der Waals surface area contributed by atoms with Crippen molar-refractivity contribution < 1.29 is 9.47 Å². The highest BCUT2D eigenvalue weighted by Gasteiger charge is 2.06. The first-order valence-electron chi connectivity index (χ1n) is 8.21. The van der Waals surface area contributed by atoms with E-state index in [4.69, 9.17) is 9.47 Å². The number of nitrogens with one attached hydrogen (secondary N) is 2. The fourth-order valence-electron chi connectivity index (χ4n) is 2.37. The highest BCUT2D eigenvalue weighted by molar-refractivity contribution is 7.11. The van der Waals surface area contributed by atoms with Crippen molar-refractivity contribution in [2.45, 2.75) is 27.0 Å². The van der Waals surface area contributed by atoms with E-state index < -0.39 is 0 Å². The summed E-state index contributed by atoms with van der Waals surface area (Å²) in [5, 5.41) is 7.63. The first-order chi connectivity index (χ1) is 12.1. The van der Waals surface area contributed by atoms with Gasteiger partial charge in [-0.1, -0.05) is 18.2 Å². The molecule has 7 heteroatoms. The minimum atomic E-state index is 0.525. The molecule has 0 saturated carbocycles. The number of hydrogen-bond acceptors (Lipinski definition) is 5. The fraction of sp³-hybridized carbons (Fsp3) is 0.444. The Balaban J connectivity index is 1.68. The van der Waals surface area contributed by atoms with E-state index in [0.717, 1.165) is 34.5 Å². The largest absolute Gasteiger partial charge is 0.496 e. The van der Waals surface area contributed by atoms with Gasteiger partial charge in [-0.3, -0.25) is 4.99 Å². The van der Waals surface area contributed by atoms with Crippen LogP contribution in [0, 0.1) is 13.8 Å². The molecular weight excluding hydrogens is 336 g/mol. The van der Waals surface area contributed by atoms with Crippen molar-refractivity contribution in [2.75, 3.05) is 27.3 Å². The van der Waals surface area contributed by atoms with E-state index >= 15 is 0 Å². The third-order valence-corrected chi connectivity index (χ3v) is 4.70. The molecule has 136 valence electrons. The molecule has 0 radical (unpaired) electrons. The molecule has 1 heterocycles. The topological polar surface area (TPSA) is 67.8 Å². The number of aliphatic imine (C=N–C) groups is 1. The van der Waals surface area contributed by atoms with Crippen molar-refractivity contribution in [3.8, 4) is 5.75 Å². The van der Waals surface area contributed by atoms with Crippen LogP contribution in [0.15, 0.2) is 29.3 Å². The van der Waals surface area contributed by atoms with E-state index in [1.165, 1.54) is 4.88 Å². The summed E-state index contributed by atoms with van der Waals surface area (Å²) in [6, 6.07) is 7.87.